The Morgan fingerprint density at radius 2 is 2.10 bits per heavy atom. The molecule has 8 heteroatoms. The summed E-state index contributed by atoms with van der Waals surface area (Å²) in [5.74, 6) is 0.264. The maximum atomic E-state index is 12.5. The number of rotatable bonds is 3. The van der Waals surface area contributed by atoms with E-state index in [2.05, 4.69) is 36.6 Å². The molecule has 1 aliphatic carbocycles. The first-order valence-electron chi connectivity index (χ1n) is 6.75. The lowest BCUT2D eigenvalue weighted by atomic mass is 9.69. The van der Waals surface area contributed by atoms with Crippen molar-refractivity contribution >= 4 is 41.9 Å². The number of benzene rings is 1. The second-order valence-corrected chi connectivity index (χ2v) is 8.89. The van der Waals surface area contributed by atoms with Crippen molar-refractivity contribution in [1.29, 1.82) is 0 Å². The number of hydrogen-bond acceptors (Lipinski definition) is 4. The average Bonchev–Trinajstić information content (AvgIpc) is 2.44. The van der Waals surface area contributed by atoms with Crippen molar-refractivity contribution in [3.05, 3.63) is 27.1 Å². The van der Waals surface area contributed by atoms with Crippen LogP contribution in [-0.2, 0) is 14.8 Å². The second kappa shape index (κ2) is 5.90. The number of sulfonamides is 1. The third kappa shape index (κ3) is 2.94. The minimum absolute atomic E-state index is 0.0993. The zero-order valence-electron chi connectivity index (χ0n) is 11.1. The zero-order valence-corrected chi connectivity index (χ0v) is 15.1. The average molecular weight is 440 g/mol. The van der Waals surface area contributed by atoms with Gasteiger partial charge in [0.1, 0.15) is 0 Å². The van der Waals surface area contributed by atoms with Crippen LogP contribution >= 0.6 is 31.9 Å². The Morgan fingerprint density at radius 1 is 1.33 bits per heavy atom. The highest BCUT2D eigenvalue weighted by molar-refractivity contribution is 9.11. The Bertz CT molecular complexity index is 653. The molecule has 4 unspecified atom stereocenters. The lowest BCUT2D eigenvalue weighted by Crippen LogP contribution is -2.71. The fraction of sp³-hybridized carbons (Fsp3) is 0.538. The van der Waals surface area contributed by atoms with E-state index < -0.39 is 10.0 Å². The van der Waals surface area contributed by atoms with Gasteiger partial charge in [0.25, 0.3) is 0 Å². The molecule has 0 aromatic heterocycles. The van der Waals surface area contributed by atoms with Crippen LogP contribution in [0, 0.1) is 5.92 Å². The maximum Gasteiger partial charge on any atom is 0.242 e. The van der Waals surface area contributed by atoms with Gasteiger partial charge in [-0.15, -0.1) is 0 Å². The van der Waals surface area contributed by atoms with Crippen LogP contribution in [0.5, 0.6) is 0 Å². The first-order chi connectivity index (χ1) is 9.90. The van der Waals surface area contributed by atoms with Gasteiger partial charge >= 0.3 is 0 Å². The molecule has 1 saturated carbocycles. The molecule has 5 nitrogen and oxygen atoms in total. The molecule has 116 valence electrons. The van der Waals surface area contributed by atoms with Gasteiger partial charge in [0.05, 0.1) is 17.0 Å². The van der Waals surface area contributed by atoms with Crippen LogP contribution in [0.4, 0.5) is 0 Å². The molecule has 2 aliphatic rings. The van der Waals surface area contributed by atoms with Crippen molar-refractivity contribution in [1.82, 2.24) is 4.72 Å². The number of halogens is 2. The number of fused-ring (bicyclic) bond motifs is 1. The van der Waals surface area contributed by atoms with Gasteiger partial charge in [0.2, 0.25) is 10.0 Å². The minimum Gasteiger partial charge on any atom is -0.376 e. The summed E-state index contributed by atoms with van der Waals surface area (Å²) in [5, 5.41) is 0. The van der Waals surface area contributed by atoms with Gasteiger partial charge in [0, 0.05) is 27.5 Å². The fourth-order valence-corrected chi connectivity index (χ4v) is 6.05. The van der Waals surface area contributed by atoms with Crippen molar-refractivity contribution in [3.8, 4) is 0 Å². The van der Waals surface area contributed by atoms with Crippen molar-refractivity contribution < 1.29 is 13.2 Å². The summed E-state index contributed by atoms with van der Waals surface area (Å²) in [6.45, 7) is 0.675. The summed E-state index contributed by atoms with van der Waals surface area (Å²) >= 11 is 6.59. The van der Waals surface area contributed by atoms with E-state index in [1.807, 2.05) is 0 Å². The monoisotopic (exact) mass is 438 g/mol. The van der Waals surface area contributed by atoms with E-state index in [-0.39, 0.29) is 29.0 Å². The van der Waals surface area contributed by atoms with Gasteiger partial charge in [-0.05, 0) is 47.0 Å². The Kier molecular flexibility index (Phi) is 4.46. The smallest absolute Gasteiger partial charge is 0.242 e. The topological polar surface area (TPSA) is 81.4 Å². The summed E-state index contributed by atoms with van der Waals surface area (Å²) in [6.07, 6.45) is 1.90. The normalized spacial score (nSPS) is 32.3. The van der Waals surface area contributed by atoms with Crippen LogP contribution in [-0.4, -0.2) is 33.2 Å². The highest BCUT2D eigenvalue weighted by Gasteiger charge is 2.52. The number of nitrogens with two attached hydrogens (primary N) is 1. The van der Waals surface area contributed by atoms with Crippen molar-refractivity contribution in [2.24, 2.45) is 11.7 Å². The third-order valence-corrected chi connectivity index (χ3v) is 7.08. The first kappa shape index (κ1) is 15.9. The molecule has 21 heavy (non-hydrogen) atoms. The van der Waals surface area contributed by atoms with Gasteiger partial charge in [-0.25, -0.2) is 13.1 Å². The Morgan fingerprint density at radius 3 is 2.81 bits per heavy atom. The van der Waals surface area contributed by atoms with Crippen molar-refractivity contribution in [2.45, 2.75) is 35.9 Å². The predicted molar refractivity (Wildman–Crippen MR) is 86.4 cm³/mol. The molecule has 0 amide bonds. The van der Waals surface area contributed by atoms with E-state index >= 15 is 0 Å². The minimum atomic E-state index is -3.63. The van der Waals surface area contributed by atoms with Crippen LogP contribution in [0.3, 0.4) is 0 Å². The Labute approximate surface area is 140 Å². The standard InChI is InChI=1S/C13H16Br2N2O3S/c14-7-3-4-10(9(15)6-7)21(18,19)17-12-11(16)8-2-1-5-20-13(8)12/h3-4,6,8,11-13,17H,1-2,5,16H2. The van der Waals surface area contributed by atoms with Gasteiger partial charge < -0.3 is 10.5 Å². The van der Waals surface area contributed by atoms with Crippen molar-refractivity contribution in [3.63, 3.8) is 0 Å². The van der Waals surface area contributed by atoms with E-state index in [0.29, 0.717) is 11.1 Å². The Hall–Kier alpha value is 0.01000. The number of hydrogen-bond donors (Lipinski definition) is 2. The van der Waals surface area contributed by atoms with Crippen molar-refractivity contribution in [2.75, 3.05) is 6.61 Å². The van der Waals surface area contributed by atoms with E-state index in [0.717, 1.165) is 17.3 Å². The first-order valence-corrected chi connectivity index (χ1v) is 9.81. The summed E-state index contributed by atoms with van der Waals surface area (Å²) in [7, 11) is -3.63. The van der Waals surface area contributed by atoms with Crippen LogP contribution in [0.1, 0.15) is 12.8 Å². The van der Waals surface area contributed by atoms with Crippen LogP contribution in [0.25, 0.3) is 0 Å². The van der Waals surface area contributed by atoms with E-state index in [1.165, 1.54) is 0 Å². The molecular weight excluding hydrogens is 424 g/mol. The fourth-order valence-electron chi connectivity index (χ4n) is 3.03. The van der Waals surface area contributed by atoms with Crippen LogP contribution in [0.2, 0.25) is 0 Å². The molecule has 0 radical (unpaired) electrons. The van der Waals surface area contributed by atoms with E-state index in [9.17, 15) is 8.42 Å². The molecular formula is C13H16Br2N2O3S. The van der Waals surface area contributed by atoms with Gasteiger partial charge in [-0.3, -0.25) is 0 Å². The molecule has 1 saturated heterocycles. The summed E-state index contributed by atoms with van der Waals surface area (Å²) in [4.78, 5) is 0.206. The molecule has 4 atom stereocenters. The molecule has 2 fully saturated rings. The van der Waals surface area contributed by atoms with Crippen LogP contribution in [0.15, 0.2) is 32.0 Å². The molecule has 0 spiro atoms. The molecule has 1 aliphatic heterocycles. The number of ether oxygens (including phenoxy) is 1. The van der Waals surface area contributed by atoms with Crippen LogP contribution < -0.4 is 10.5 Å². The highest BCUT2D eigenvalue weighted by atomic mass is 79.9. The molecule has 1 aromatic rings. The third-order valence-electron chi connectivity index (χ3n) is 4.15. The Balaban J connectivity index is 1.80. The predicted octanol–water partition coefficient (Wildman–Crippen LogP) is 1.99. The number of nitrogens with one attached hydrogen (secondary N) is 1. The largest absolute Gasteiger partial charge is 0.376 e. The lowest BCUT2D eigenvalue weighted by molar-refractivity contribution is -0.114. The molecule has 0 bridgehead atoms. The van der Waals surface area contributed by atoms with Gasteiger partial charge in [-0.1, -0.05) is 15.9 Å². The summed E-state index contributed by atoms with van der Waals surface area (Å²) in [5.41, 5.74) is 6.10. The molecule has 3 N–H and O–H groups in total. The molecule has 1 heterocycles. The molecule has 3 rings (SSSR count). The van der Waals surface area contributed by atoms with E-state index in [4.69, 9.17) is 10.5 Å². The highest BCUT2D eigenvalue weighted by Crippen LogP contribution is 2.38. The summed E-state index contributed by atoms with van der Waals surface area (Å²) in [6, 6.07) is 4.42. The lowest BCUT2D eigenvalue weighted by Gasteiger charge is -2.52. The summed E-state index contributed by atoms with van der Waals surface area (Å²) < 4.78 is 34.7. The van der Waals surface area contributed by atoms with Gasteiger partial charge in [-0.2, -0.15) is 0 Å². The van der Waals surface area contributed by atoms with E-state index in [1.54, 1.807) is 18.2 Å². The maximum absolute atomic E-state index is 12.5. The zero-order chi connectivity index (χ0) is 15.2. The quantitative estimate of drug-likeness (QED) is 0.754. The van der Waals surface area contributed by atoms with Gasteiger partial charge in [0.15, 0.2) is 0 Å². The molecule has 1 aromatic carbocycles. The SMILES string of the molecule is NC1C2CCCOC2C1NS(=O)(=O)c1ccc(Br)cc1Br. The second-order valence-electron chi connectivity index (χ2n) is 5.44.